The average Bonchev–Trinajstić information content (AvgIpc) is 2.28. The molecule has 0 aliphatic heterocycles. The molecule has 3 heteroatoms. The molecule has 1 rings (SSSR count). The summed E-state index contributed by atoms with van der Waals surface area (Å²) in [5.74, 6) is 0. The Bertz CT molecular complexity index is 374. The van der Waals surface area contributed by atoms with Gasteiger partial charge in [-0.15, -0.1) is 0 Å². The van der Waals surface area contributed by atoms with Crippen molar-refractivity contribution < 1.29 is 4.79 Å². The lowest BCUT2D eigenvalue weighted by molar-refractivity contribution is 0.211. The van der Waals surface area contributed by atoms with Crippen LogP contribution < -0.4 is 5.32 Å². The lowest BCUT2D eigenvalue weighted by Gasteiger charge is -2.17. The van der Waals surface area contributed by atoms with Crippen LogP contribution in [0.5, 0.6) is 0 Å². The van der Waals surface area contributed by atoms with Gasteiger partial charge < -0.3 is 10.2 Å². The van der Waals surface area contributed by atoms with E-state index >= 15 is 0 Å². The van der Waals surface area contributed by atoms with Gasteiger partial charge in [0.15, 0.2) is 0 Å². The zero-order valence-corrected chi connectivity index (χ0v) is 10.5. The maximum atomic E-state index is 11.3. The Kier molecular flexibility index (Phi) is 4.35. The van der Waals surface area contributed by atoms with Gasteiger partial charge in [0.05, 0.1) is 0 Å². The minimum absolute atomic E-state index is 0.0368. The number of carbonyl (C=O) groups is 1. The van der Waals surface area contributed by atoms with Gasteiger partial charge in [0.2, 0.25) is 0 Å². The van der Waals surface area contributed by atoms with E-state index in [4.69, 9.17) is 0 Å². The highest BCUT2D eigenvalue weighted by molar-refractivity contribution is 5.73. The van der Waals surface area contributed by atoms with Crippen LogP contribution >= 0.6 is 0 Å². The van der Waals surface area contributed by atoms with Crippen molar-refractivity contribution in [1.29, 1.82) is 0 Å². The summed E-state index contributed by atoms with van der Waals surface area (Å²) >= 11 is 0. The molecular weight excluding hydrogens is 200 g/mol. The molecule has 0 unspecified atom stereocenters. The zero-order valence-electron chi connectivity index (χ0n) is 10.5. The predicted molar refractivity (Wildman–Crippen MR) is 66.7 cm³/mol. The molecule has 1 aromatic rings. The van der Waals surface area contributed by atoms with Crippen molar-refractivity contribution in [2.24, 2.45) is 0 Å². The SMILES string of the molecule is CNC(=O)N(C)CCc1cc(C)ccc1C. The molecule has 0 atom stereocenters. The van der Waals surface area contributed by atoms with Crippen LogP contribution in [0.15, 0.2) is 18.2 Å². The Morgan fingerprint density at radius 3 is 2.69 bits per heavy atom. The van der Waals surface area contributed by atoms with Crippen LogP contribution in [-0.2, 0) is 6.42 Å². The summed E-state index contributed by atoms with van der Waals surface area (Å²) in [6, 6.07) is 6.39. The van der Waals surface area contributed by atoms with E-state index in [9.17, 15) is 4.79 Å². The van der Waals surface area contributed by atoms with E-state index < -0.39 is 0 Å². The summed E-state index contributed by atoms with van der Waals surface area (Å²) in [7, 11) is 3.46. The molecule has 0 bridgehead atoms. The number of urea groups is 1. The van der Waals surface area contributed by atoms with Gasteiger partial charge in [-0.1, -0.05) is 23.8 Å². The van der Waals surface area contributed by atoms with E-state index in [0.717, 1.165) is 13.0 Å². The Hall–Kier alpha value is -1.51. The Morgan fingerprint density at radius 1 is 1.38 bits per heavy atom. The van der Waals surface area contributed by atoms with E-state index in [1.54, 1.807) is 11.9 Å². The number of nitrogens with zero attached hydrogens (tertiary/aromatic N) is 1. The maximum absolute atomic E-state index is 11.3. The molecule has 0 saturated carbocycles. The molecule has 0 aliphatic carbocycles. The zero-order chi connectivity index (χ0) is 12.1. The lowest BCUT2D eigenvalue weighted by atomic mass is 10.0. The van der Waals surface area contributed by atoms with Gasteiger partial charge in [-0.05, 0) is 31.4 Å². The molecule has 0 aromatic heterocycles. The van der Waals surface area contributed by atoms with E-state index in [0.29, 0.717) is 0 Å². The quantitative estimate of drug-likeness (QED) is 0.831. The van der Waals surface area contributed by atoms with Crippen LogP contribution in [0.1, 0.15) is 16.7 Å². The van der Waals surface area contributed by atoms with Crippen LogP contribution in [0.25, 0.3) is 0 Å². The van der Waals surface area contributed by atoms with Gasteiger partial charge in [-0.2, -0.15) is 0 Å². The highest BCUT2D eigenvalue weighted by atomic mass is 16.2. The van der Waals surface area contributed by atoms with Crippen molar-refractivity contribution in [2.45, 2.75) is 20.3 Å². The molecular formula is C13H20N2O. The third-order valence-corrected chi connectivity index (χ3v) is 2.78. The largest absolute Gasteiger partial charge is 0.341 e. The first-order chi connectivity index (χ1) is 7.54. The van der Waals surface area contributed by atoms with Crippen LogP contribution in [0.4, 0.5) is 4.79 Å². The molecule has 1 N–H and O–H groups in total. The fourth-order valence-electron chi connectivity index (χ4n) is 1.65. The number of hydrogen-bond donors (Lipinski definition) is 1. The number of nitrogens with one attached hydrogen (secondary N) is 1. The van der Waals surface area contributed by atoms with E-state index in [1.165, 1.54) is 16.7 Å². The third-order valence-electron chi connectivity index (χ3n) is 2.78. The summed E-state index contributed by atoms with van der Waals surface area (Å²) in [5, 5.41) is 2.61. The number of benzene rings is 1. The molecule has 2 amide bonds. The van der Waals surface area contributed by atoms with Gasteiger partial charge in [-0.25, -0.2) is 4.79 Å². The minimum Gasteiger partial charge on any atom is -0.341 e. The number of rotatable bonds is 3. The fraction of sp³-hybridized carbons (Fsp3) is 0.462. The number of aryl methyl sites for hydroxylation is 2. The molecule has 0 spiro atoms. The second-order valence-corrected chi connectivity index (χ2v) is 4.16. The molecule has 88 valence electrons. The maximum Gasteiger partial charge on any atom is 0.316 e. The van der Waals surface area contributed by atoms with Gasteiger partial charge in [0.25, 0.3) is 0 Å². The predicted octanol–water partition coefficient (Wildman–Crippen LogP) is 2.12. The van der Waals surface area contributed by atoms with Gasteiger partial charge >= 0.3 is 6.03 Å². The van der Waals surface area contributed by atoms with Crippen LogP contribution in [-0.4, -0.2) is 31.6 Å². The monoisotopic (exact) mass is 220 g/mol. The summed E-state index contributed by atoms with van der Waals surface area (Å²) in [6.45, 7) is 4.93. The second-order valence-electron chi connectivity index (χ2n) is 4.16. The summed E-state index contributed by atoms with van der Waals surface area (Å²) < 4.78 is 0. The Labute approximate surface area is 97.5 Å². The Balaban J connectivity index is 2.60. The summed E-state index contributed by atoms with van der Waals surface area (Å²) in [5.41, 5.74) is 3.87. The first-order valence-electron chi connectivity index (χ1n) is 5.53. The molecule has 0 saturated heterocycles. The average molecular weight is 220 g/mol. The van der Waals surface area contributed by atoms with Crippen LogP contribution in [0.3, 0.4) is 0 Å². The summed E-state index contributed by atoms with van der Waals surface area (Å²) in [4.78, 5) is 13.0. The van der Waals surface area contributed by atoms with E-state index in [2.05, 4.69) is 37.4 Å². The van der Waals surface area contributed by atoms with Gasteiger partial charge in [0, 0.05) is 20.6 Å². The normalized spacial score (nSPS) is 10.0. The molecule has 16 heavy (non-hydrogen) atoms. The lowest BCUT2D eigenvalue weighted by Crippen LogP contribution is -2.36. The first-order valence-corrected chi connectivity index (χ1v) is 5.53. The molecule has 0 aliphatic rings. The number of amides is 2. The summed E-state index contributed by atoms with van der Waals surface area (Å²) in [6.07, 6.45) is 0.900. The van der Waals surface area contributed by atoms with Crippen molar-refractivity contribution in [3.05, 3.63) is 34.9 Å². The molecule has 0 fully saturated rings. The highest BCUT2D eigenvalue weighted by Crippen LogP contribution is 2.11. The van der Waals surface area contributed by atoms with Crippen molar-refractivity contribution in [3.8, 4) is 0 Å². The van der Waals surface area contributed by atoms with Crippen molar-refractivity contribution in [1.82, 2.24) is 10.2 Å². The molecule has 0 radical (unpaired) electrons. The van der Waals surface area contributed by atoms with E-state index in [1.807, 2.05) is 7.05 Å². The van der Waals surface area contributed by atoms with Crippen molar-refractivity contribution in [2.75, 3.05) is 20.6 Å². The number of hydrogen-bond acceptors (Lipinski definition) is 1. The fourth-order valence-corrected chi connectivity index (χ4v) is 1.65. The van der Waals surface area contributed by atoms with Gasteiger partial charge in [-0.3, -0.25) is 0 Å². The van der Waals surface area contributed by atoms with Crippen molar-refractivity contribution >= 4 is 6.03 Å². The highest BCUT2D eigenvalue weighted by Gasteiger charge is 2.06. The van der Waals surface area contributed by atoms with E-state index in [-0.39, 0.29) is 6.03 Å². The second kappa shape index (κ2) is 5.54. The number of carbonyl (C=O) groups excluding carboxylic acids is 1. The van der Waals surface area contributed by atoms with Crippen LogP contribution in [0.2, 0.25) is 0 Å². The van der Waals surface area contributed by atoms with Crippen LogP contribution in [0, 0.1) is 13.8 Å². The minimum atomic E-state index is -0.0368. The molecule has 1 aromatic carbocycles. The van der Waals surface area contributed by atoms with Crippen molar-refractivity contribution in [3.63, 3.8) is 0 Å². The smallest absolute Gasteiger partial charge is 0.316 e. The Morgan fingerprint density at radius 2 is 2.06 bits per heavy atom. The molecule has 3 nitrogen and oxygen atoms in total. The third kappa shape index (κ3) is 3.26. The molecule has 0 heterocycles. The van der Waals surface area contributed by atoms with Gasteiger partial charge in [0.1, 0.15) is 0 Å². The first kappa shape index (κ1) is 12.6. The topological polar surface area (TPSA) is 32.3 Å². The standard InChI is InChI=1S/C13H20N2O/c1-10-5-6-11(2)12(9-10)7-8-15(4)13(16)14-3/h5-6,9H,7-8H2,1-4H3,(H,14,16). The number of likely N-dealkylation sites (N-methyl/N-ethyl adjacent to an activating group) is 1.